The molecule has 2 aliphatic rings. The van der Waals surface area contributed by atoms with Crippen molar-refractivity contribution in [1.29, 1.82) is 0 Å². The van der Waals surface area contributed by atoms with Crippen LogP contribution in [-0.2, 0) is 20.5 Å². The molecule has 0 bridgehead atoms. The molecular formula is C27H27F3N8O4. The average molecular weight is 585 g/mol. The Balaban J connectivity index is 1.42. The van der Waals surface area contributed by atoms with Crippen LogP contribution >= 0.6 is 0 Å². The van der Waals surface area contributed by atoms with Gasteiger partial charge in [0.25, 0.3) is 5.91 Å². The molecule has 0 saturated carbocycles. The second-order valence-corrected chi connectivity index (χ2v) is 9.51. The highest BCUT2D eigenvalue weighted by molar-refractivity contribution is 6.13. The minimum atomic E-state index is -4.82. The number of esters is 1. The lowest BCUT2D eigenvalue weighted by Crippen LogP contribution is -2.43. The number of nitrogens with zero attached hydrogens (tertiary/aromatic N) is 3. The van der Waals surface area contributed by atoms with Crippen molar-refractivity contribution in [3.05, 3.63) is 59.8 Å². The number of benzene rings is 2. The van der Waals surface area contributed by atoms with E-state index in [4.69, 9.17) is 0 Å². The molecule has 1 aromatic heterocycles. The maximum Gasteiger partial charge on any atom is 0.421 e. The van der Waals surface area contributed by atoms with E-state index in [0.717, 1.165) is 39.0 Å². The number of aromatic nitrogens is 2. The van der Waals surface area contributed by atoms with Gasteiger partial charge in [-0.05, 0) is 36.4 Å². The molecule has 5 rings (SSSR count). The summed E-state index contributed by atoms with van der Waals surface area (Å²) in [7, 11) is 1.14. The summed E-state index contributed by atoms with van der Waals surface area (Å²) in [4.78, 5) is 47.6. The largest absolute Gasteiger partial charge is 0.469 e. The fourth-order valence-electron chi connectivity index (χ4n) is 4.59. The molecule has 1 fully saturated rings. The number of anilines is 6. The summed E-state index contributed by atoms with van der Waals surface area (Å²) in [6.45, 7) is 3.48. The van der Waals surface area contributed by atoms with Gasteiger partial charge in [0.1, 0.15) is 17.4 Å². The molecule has 0 aliphatic carbocycles. The summed E-state index contributed by atoms with van der Waals surface area (Å²) in [5.74, 6) is -2.92. The summed E-state index contributed by atoms with van der Waals surface area (Å²) in [5.41, 5.74) is 0.262. The van der Waals surface area contributed by atoms with Gasteiger partial charge in [-0.2, -0.15) is 18.2 Å². The number of alkyl halides is 3. The lowest BCUT2D eigenvalue weighted by Gasteiger charge is -2.29. The van der Waals surface area contributed by atoms with E-state index in [0.29, 0.717) is 11.9 Å². The van der Waals surface area contributed by atoms with Crippen molar-refractivity contribution in [2.24, 2.45) is 0 Å². The molecule has 2 amide bonds. The zero-order valence-corrected chi connectivity index (χ0v) is 22.3. The molecule has 15 heteroatoms. The van der Waals surface area contributed by atoms with E-state index in [2.05, 4.69) is 46.2 Å². The monoisotopic (exact) mass is 584 g/mol. The topological polar surface area (TPSA) is 150 Å². The molecule has 1 saturated heterocycles. The van der Waals surface area contributed by atoms with Crippen LogP contribution < -0.4 is 31.5 Å². The molecule has 0 radical (unpaired) electrons. The Bertz CT molecular complexity index is 1490. The first-order valence-corrected chi connectivity index (χ1v) is 13.0. The van der Waals surface area contributed by atoms with Gasteiger partial charge in [0.05, 0.1) is 30.5 Å². The fourth-order valence-corrected chi connectivity index (χ4v) is 4.59. The maximum atomic E-state index is 13.9. The fraction of sp³-hybridized carbons (Fsp3) is 0.296. The number of halogens is 3. The Morgan fingerprint density at radius 2 is 1.83 bits per heavy atom. The summed E-state index contributed by atoms with van der Waals surface area (Å²) in [6.07, 6.45) is -4.61. The lowest BCUT2D eigenvalue weighted by atomic mass is 10.1. The number of nitrogens with one attached hydrogen (secondary N) is 5. The lowest BCUT2D eigenvalue weighted by molar-refractivity contribution is -0.142. The zero-order valence-electron chi connectivity index (χ0n) is 22.3. The highest BCUT2D eigenvalue weighted by Crippen LogP contribution is 2.37. The van der Waals surface area contributed by atoms with Gasteiger partial charge in [-0.3, -0.25) is 14.4 Å². The second-order valence-electron chi connectivity index (χ2n) is 9.51. The molecule has 220 valence electrons. The van der Waals surface area contributed by atoms with Crippen LogP contribution in [0.1, 0.15) is 22.3 Å². The molecule has 2 aliphatic heterocycles. The Kier molecular flexibility index (Phi) is 8.10. The van der Waals surface area contributed by atoms with E-state index < -0.39 is 47.8 Å². The van der Waals surface area contributed by atoms with Crippen LogP contribution in [-0.4, -0.2) is 67.1 Å². The number of hydrogen-bond acceptors (Lipinski definition) is 10. The summed E-state index contributed by atoms with van der Waals surface area (Å²) < 4.78 is 46.4. The Hall–Kier alpha value is -4.92. The Labute approximate surface area is 238 Å². The quantitative estimate of drug-likeness (QED) is 0.262. The van der Waals surface area contributed by atoms with E-state index in [9.17, 15) is 27.6 Å². The normalized spacial score (nSPS) is 17.0. The van der Waals surface area contributed by atoms with Crippen LogP contribution in [0.25, 0.3) is 0 Å². The molecule has 12 nitrogen and oxygen atoms in total. The highest BCUT2D eigenvalue weighted by Gasteiger charge is 2.36. The number of carbonyl (C=O) groups is 3. The third-order valence-electron chi connectivity index (χ3n) is 6.72. The number of carbonyl (C=O) groups excluding carboxylic acids is 3. The summed E-state index contributed by atoms with van der Waals surface area (Å²) >= 11 is 0. The summed E-state index contributed by atoms with van der Waals surface area (Å²) in [5, 5.41) is 13.8. The van der Waals surface area contributed by atoms with Crippen molar-refractivity contribution in [2.75, 3.05) is 54.1 Å². The zero-order chi connectivity index (χ0) is 29.9. The third kappa shape index (κ3) is 6.35. The SMILES string of the molecule is COC(=O)C[C@@H]1NC(=O)c2c(cccc2Nc2nc(Nc3ccc(N4CCNCC4)cc3)ncc2C(F)(F)F)NC1=O. The predicted molar refractivity (Wildman–Crippen MR) is 148 cm³/mol. The number of rotatable bonds is 7. The molecule has 42 heavy (non-hydrogen) atoms. The van der Waals surface area contributed by atoms with Crippen molar-refractivity contribution in [3.63, 3.8) is 0 Å². The van der Waals surface area contributed by atoms with E-state index in [-0.39, 0.29) is 22.9 Å². The van der Waals surface area contributed by atoms with Gasteiger partial charge in [0, 0.05) is 43.8 Å². The molecule has 0 spiro atoms. The van der Waals surface area contributed by atoms with Crippen LogP contribution in [0.15, 0.2) is 48.7 Å². The first kappa shape index (κ1) is 28.6. The van der Waals surface area contributed by atoms with Crippen molar-refractivity contribution in [3.8, 4) is 0 Å². The van der Waals surface area contributed by atoms with Crippen LogP contribution in [0.2, 0.25) is 0 Å². The van der Waals surface area contributed by atoms with Crippen LogP contribution in [0.5, 0.6) is 0 Å². The van der Waals surface area contributed by atoms with E-state index in [1.54, 1.807) is 12.1 Å². The Morgan fingerprint density at radius 1 is 1.10 bits per heavy atom. The molecule has 1 atom stereocenters. The third-order valence-corrected chi connectivity index (χ3v) is 6.72. The molecular weight excluding hydrogens is 557 g/mol. The number of amides is 2. The standard InChI is InChI=1S/C27H27F3N8O4/c1-42-21(39)13-20-24(40)35-19-4-2-3-18(22(19)25(41)36-20)34-23-17(27(28,29)30)14-32-26(37-23)33-15-5-7-16(8-6-15)38-11-9-31-10-12-38/h2-8,14,20,31H,9-13H2,1H3,(H,35,40)(H,36,41)(H2,32,33,34,37)/t20-/m0/s1. The molecule has 0 unspecified atom stereocenters. The average Bonchev–Trinajstić information content (AvgIpc) is 3.08. The number of hydrogen-bond donors (Lipinski definition) is 5. The molecule has 3 heterocycles. The minimum Gasteiger partial charge on any atom is -0.469 e. The molecule has 3 aromatic rings. The first-order valence-electron chi connectivity index (χ1n) is 13.0. The minimum absolute atomic E-state index is 0.0420. The van der Waals surface area contributed by atoms with E-state index in [1.165, 1.54) is 18.2 Å². The highest BCUT2D eigenvalue weighted by atomic mass is 19.4. The van der Waals surface area contributed by atoms with E-state index >= 15 is 0 Å². The Morgan fingerprint density at radius 3 is 2.52 bits per heavy atom. The maximum absolute atomic E-state index is 13.9. The number of ether oxygens (including phenoxy) is 1. The first-order chi connectivity index (χ1) is 20.1. The van der Waals surface area contributed by atoms with Crippen molar-refractivity contribution in [1.82, 2.24) is 20.6 Å². The molecule has 2 aromatic carbocycles. The van der Waals surface area contributed by atoms with Crippen molar-refractivity contribution >= 4 is 52.3 Å². The number of piperazine rings is 1. The van der Waals surface area contributed by atoms with Crippen LogP contribution in [0.3, 0.4) is 0 Å². The van der Waals surface area contributed by atoms with Crippen LogP contribution in [0, 0.1) is 0 Å². The van der Waals surface area contributed by atoms with Gasteiger partial charge in [0.2, 0.25) is 11.9 Å². The van der Waals surface area contributed by atoms with Crippen molar-refractivity contribution < 1.29 is 32.3 Å². The van der Waals surface area contributed by atoms with Gasteiger partial charge in [-0.15, -0.1) is 0 Å². The number of fused-ring (bicyclic) bond motifs is 1. The van der Waals surface area contributed by atoms with Gasteiger partial charge in [0.15, 0.2) is 0 Å². The van der Waals surface area contributed by atoms with Gasteiger partial charge < -0.3 is 36.2 Å². The van der Waals surface area contributed by atoms with Gasteiger partial charge >= 0.3 is 12.1 Å². The van der Waals surface area contributed by atoms with Gasteiger partial charge in [-0.1, -0.05) is 6.07 Å². The smallest absolute Gasteiger partial charge is 0.421 e. The van der Waals surface area contributed by atoms with Crippen LogP contribution in [0.4, 0.5) is 47.7 Å². The van der Waals surface area contributed by atoms with E-state index in [1.807, 2.05) is 12.1 Å². The van der Waals surface area contributed by atoms with Gasteiger partial charge in [-0.25, -0.2) is 4.98 Å². The second kappa shape index (κ2) is 11.9. The summed E-state index contributed by atoms with van der Waals surface area (Å²) in [6, 6.07) is 10.3. The molecule has 5 N–H and O–H groups in total. The predicted octanol–water partition coefficient (Wildman–Crippen LogP) is 3.01. The number of methoxy groups -OCH3 is 1. The van der Waals surface area contributed by atoms with Crippen molar-refractivity contribution in [2.45, 2.75) is 18.6 Å².